The maximum Gasteiger partial charge on any atom is 0.130 e. The second-order valence-electron chi connectivity index (χ2n) is 1.99. The van der Waals surface area contributed by atoms with E-state index in [-0.39, 0.29) is 5.82 Å². The third-order valence-corrected chi connectivity index (χ3v) is 1.73. The molecule has 0 saturated carbocycles. The van der Waals surface area contributed by atoms with E-state index in [2.05, 4.69) is 15.8 Å². The average molecular weight is 154 g/mol. The third-order valence-electron chi connectivity index (χ3n) is 1.26. The van der Waals surface area contributed by atoms with E-state index in [9.17, 15) is 4.39 Å². The SMILES string of the molecule is C=Cc1ccc(P)c(F)c1. The fraction of sp³-hybridized carbons (Fsp3) is 0. The minimum Gasteiger partial charge on any atom is -0.206 e. The summed E-state index contributed by atoms with van der Waals surface area (Å²) in [6.07, 6.45) is 1.62. The standard InChI is InChI=1S/C8H8FP/c1-2-6-3-4-8(10)7(9)5-6/h2-5H,1,10H2. The molecule has 0 spiro atoms. The number of hydrogen-bond donors (Lipinski definition) is 0. The summed E-state index contributed by atoms with van der Waals surface area (Å²) in [7, 11) is 2.32. The van der Waals surface area contributed by atoms with E-state index >= 15 is 0 Å². The monoisotopic (exact) mass is 154 g/mol. The van der Waals surface area contributed by atoms with Crippen LogP contribution in [-0.2, 0) is 0 Å². The van der Waals surface area contributed by atoms with Crippen molar-refractivity contribution in [3.05, 3.63) is 36.2 Å². The van der Waals surface area contributed by atoms with Gasteiger partial charge >= 0.3 is 0 Å². The molecule has 0 aliphatic carbocycles. The van der Waals surface area contributed by atoms with Crippen LogP contribution < -0.4 is 5.30 Å². The van der Waals surface area contributed by atoms with E-state index in [0.717, 1.165) is 5.56 Å². The molecule has 10 heavy (non-hydrogen) atoms. The summed E-state index contributed by atoms with van der Waals surface area (Å²) in [6, 6.07) is 4.98. The van der Waals surface area contributed by atoms with Gasteiger partial charge in [0.15, 0.2) is 0 Å². The molecule has 0 nitrogen and oxygen atoms in total. The summed E-state index contributed by atoms with van der Waals surface area (Å²) >= 11 is 0. The number of benzene rings is 1. The van der Waals surface area contributed by atoms with Gasteiger partial charge in [-0.3, -0.25) is 0 Å². The lowest BCUT2D eigenvalue weighted by Crippen LogP contribution is -1.96. The summed E-state index contributed by atoms with van der Waals surface area (Å²) in [6.45, 7) is 3.53. The predicted octanol–water partition coefficient (Wildman–Crippen LogP) is 1.97. The molecule has 2 heteroatoms. The van der Waals surface area contributed by atoms with E-state index in [1.54, 1.807) is 12.1 Å². The van der Waals surface area contributed by atoms with Crippen LogP contribution in [0.25, 0.3) is 6.08 Å². The smallest absolute Gasteiger partial charge is 0.130 e. The summed E-state index contributed by atoms with van der Waals surface area (Å²) in [5.41, 5.74) is 0.809. The minimum atomic E-state index is -0.206. The van der Waals surface area contributed by atoms with Crippen molar-refractivity contribution < 1.29 is 4.39 Å². The molecule has 1 unspecified atom stereocenters. The fourth-order valence-corrected chi connectivity index (χ4v) is 0.850. The van der Waals surface area contributed by atoms with Gasteiger partial charge in [-0.2, -0.15) is 0 Å². The Labute approximate surface area is 62.0 Å². The van der Waals surface area contributed by atoms with Crippen molar-refractivity contribution >= 4 is 20.6 Å². The highest BCUT2D eigenvalue weighted by Gasteiger charge is 1.94. The Balaban J connectivity index is 3.16. The highest BCUT2D eigenvalue weighted by Crippen LogP contribution is 2.04. The Kier molecular flexibility index (Phi) is 2.18. The van der Waals surface area contributed by atoms with Crippen LogP contribution in [-0.4, -0.2) is 0 Å². The van der Waals surface area contributed by atoms with Gasteiger partial charge in [0, 0.05) is 5.30 Å². The minimum absolute atomic E-state index is 0.206. The summed E-state index contributed by atoms with van der Waals surface area (Å²) < 4.78 is 12.7. The first-order valence-corrected chi connectivity index (χ1v) is 3.49. The first-order valence-electron chi connectivity index (χ1n) is 2.91. The highest BCUT2D eigenvalue weighted by molar-refractivity contribution is 7.27. The molecular weight excluding hydrogens is 146 g/mol. The van der Waals surface area contributed by atoms with Crippen LogP contribution >= 0.6 is 9.24 Å². The van der Waals surface area contributed by atoms with Gasteiger partial charge in [0.25, 0.3) is 0 Å². The Morgan fingerprint density at radius 3 is 2.70 bits per heavy atom. The van der Waals surface area contributed by atoms with Crippen LogP contribution in [0.4, 0.5) is 4.39 Å². The lowest BCUT2D eigenvalue weighted by molar-refractivity contribution is 0.636. The molecule has 1 rings (SSSR count). The van der Waals surface area contributed by atoms with Gasteiger partial charge < -0.3 is 0 Å². The van der Waals surface area contributed by atoms with Crippen molar-refractivity contribution in [1.29, 1.82) is 0 Å². The molecule has 0 radical (unpaired) electrons. The molecule has 0 aliphatic heterocycles. The summed E-state index contributed by atoms with van der Waals surface area (Å²) in [5, 5.41) is 0.589. The van der Waals surface area contributed by atoms with Crippen LogP contribution in [0.5, 0.6) is 0 Å². The lowest BCUT2D eigenvalue weighted by Gasteiger charge is -1.95. The molecule has 0 heterocycles. The topological polar surface area (TPSA) is 0 Å². The van der Waals surface area contributed by atoms with Gasteiger partial charge in [0.05, 0.1) is 0 Å². The maximum absolute atomic E-state index is 12.7. The summed E-state index contributed by atoms with van der Waals surface area (Å²) in [5.74, 6) is -0.206. The first kappa shape index (κ1) is 7.43. The molecule has 0 fully saturated rings. The van der Waals surface area contributed by atoms with Gasteiger partial charge in [0.1, 0.15) is 5.82 Å². The van der Waals surface area contributed by atoms with Crippen LogP contribution in [0.2, 0.25) is 0 Å². The average Bonchev–Trinajstić information content (AvgIpc) is 1.95. The molecule has 0 amide bonds. The van der Waals surface area contributed by atoms with Gasteiger partial charge in [0.2, 0.25) is 0 Å². The fourth-order valence-electron chi connectivity index (χ4n) is 0.670. The van der Waals surface area contributed by atoms with Crippen molar-refractivity contribution in [2.75, 3.05) is 0 Å². The Hall–Kier alpha value is -0.680. The Morgan fingerprint density at radius 2 is 2.20 bits per heavy atom. The van der Waals surface area contributed by atoms with Crippen molar-refractivity contribution in [2.45, 2.75) is 0 Å². The van der Waals surface area contributed by atoms with Crippen LogP contribution in [0, 0.1) is 5.82 Å². The van der Waals surface area contributed by atoms with E-state index in [4.69, 9.17) is 0 Å². The zero-order valence-electron chi connectivity index (χ0n) is 5.47. The molecule has 0 bridgehead atoms. The summed E-state index contributed by atoms with van der Waals surface area (Å²) in [4.78, 5) is 0. The molecule has 0 aromatic heterocycles. The molecular formula is C8H8FP. The van der Waals surface area contributed by atoms with Gasteiger partial charge in [-0.15, -0.1) is 9.24 Å². The second kappa shape index (κ2) is 2.94. The van der Waals surface area contributed by atoms with Gasteiger partial charge in [-0.05, 0) is 11.6 Å². The molecule has 1 aromatic rings. The molecule has 0 saturated heterocycles. The maximum atomic E-state index is 12.7. The largest absolute Gasteiger partial charge is 0.206 e. The van der Waals surface area contributed by atoms with Crippen molar-refractivity contribution in [2.24, 2.45) is 0 Å². The van der Waals surface area contributed by atoms with Gasteiger partial charge in [-0.1, -0.05) is 24.8 Å². The number of rotatable bonds is 1. The Morgan fingerprint density at radius 1 is 1.50 bits per heavy atom. The van der Waals surface area contributed by atoms with Gasteiger partial charge in [-0.25, -0.2) is 4.39 Å². The van der Waals surface area contributed by atoms with E-state index in [1.807, 2.05) is 6.07 Å². The van der Waals surface area contributed by atoms with Crippen LogP contribution in [0.15, 0.2) is 24.8 Å². The first-order chi connectivity index (χ1) is 4.74. The lowest BCUT2D eigenvalue weighted by atomic mass is 10.2. The number of halogens is 1. The van der Waals surface area contributed by atoms with Crippen molar-refractivity contribution in [3.63, 3.8) is 0 Å². The zero-order chi connectivity index (χ0) is 7.56. The molecule has 1 aromatic carbocycles. The number of hydrogen-bond acceptors (Lipinski definition) is 0. The quantitative estimate of drug-likeness (QED) is 0.542. The molecule has 0 N–H and O–H groups in total. The zero-order valence-corrected chi connectivity index (χ0v) is 6.63. The van der Waals surface area contributed by atoms with Crippen LogP contribution in [0.3, 0.4) is 0 Å². The molecule has 1 atom stereocenters. The van der Waals surface area contributed by atoms with Crippen molar-refractivity contribution in [1.82, 2.24) is 0 Å². The Bertz CT molecular complexity index is 255. The second-order valence-corrected chi connectivity index (χ2v) is 2.61. The van der Waals surface area contributed by atoms with E-state index in [1.165, 1.54) is 6.07 Å². The normalized spacial score (nSPS) is 9.40. The third kappa shape index (κ3) is 1.43. The molecule has 0 aliphatic rings. The van der Waals surface area contributed by atoms with E-state index in [0.29, 0.717) is 5.30 Å². The van der Waals surface area contributed by atoms with Crippen LogP contribution in [0.1, 0.15) is 5.56 Å². The van der Waals surface area contributed by atoms with E-state index < -0.39 is 0 Å². The molecule has 52 valence electrons. The predicted molar refractivity (Wildman–Crippen MR) is 45.8 cm³/mol. The highest BCUT2D eigenvalue weighted by atomic mass is 31.0. The van der Waals surface area contributed by atoms with Crippen molar-refractivity contribution in [3.8, 4) is 0 Å².